The lowest BCUT2D eigenvalue weighted by molar-refractivity contribution is -0.121. The van der Waals surface area contributed by atoms with Gasteiger partial charge in [-0.15, -0.1) is 0 Å². The van der Waals surface area contributed by atoms with Crippen molar-refractivity contribution in [1.29, 1.82) is 0 Å². The van der Waals surface area contributed by atoms with Gasteiger partial charge in [0, 0.05) is 22.9 Å². The first-order valence-corrected chi connectivity index (χ1v) is 7.93. The van der Waals surface area contributed by atoms with Crippen LogP contribution in [0.5, 0.6) is 11.5 Å². The lowest BCUT2D eigenvalue weighted by Crippen LogP contribution is -2.33. The molecule has 0 atom stereocenters. The summed E-state index contributed by atoms with van der Waals surface area (Å²) >= 11 is 0. The fourth-order valence-electron chi connectivity index (χ4n) is 2.37. The number of rotatable bonds is 5. The molecule has 0 fully saturated rings. The van der Waals surface area contributed by atoms with Crippen LogP contribution < -0.4 is 20.1 Å². The molecule has 0 spiro atoms. The minimum Gasteiger partial charge on any atom is -0.454 e. The third kappa shape index (κ3) is 4.18. The third-order valence-corrected chi connectivity index (χ3v) is 3.70. The molecule has 7 heteroatoms. The van der Waals surface area contributed by atoms with Crippen LogP contribution in [0.25, 0.3) is 6.08 Å². The molecule has 2 aromatic rings. The Balaban J connectivity index is 1.54. The Kier molecular flexibility index (Phi) is 5.17. The second-order valence-electron chi connectivity index (χ2n) is 5.65. The second-order valence-corrected chi connectivity index (χ2v) is 5.65. The van der Waals surface area contributed by atoms with Crippen LogP contribution in [-0.4, -0.2) is 25.2 Å². The molecule has 0 bridgehead atoms. The van der Waals surface area contributed by atoms with Crippen LogP contribution in [-0.2, 0) is 9.59 Å². The number of hydrogen-bond donors (Lipinski definition) is 2. The Morgan fingerprint density at radius 3 is 2.73 bits per heavy atom. The molecule has 0 unspecified atom stereocenters. The molecule has 0 radical (unpaired) electrons. The van der Waals surface area contributed by atoms with Gasteiger partial charge in [0.2, 0.25) is 18.6 Å². The van der Waals surface area contributed by atoms with E-state index in [1.807, 2.05) is 0 Å². The molecule has 1 heterocycles. The van der Waals surface area contributed by atoms with Crippen LogP contribution in [0.1, 0.15) is 12.5 Å². The van der Waals surface area contributed by atoms with E-state index in [0.717, 1.165) is 0 Å². The van der Waals surface area contributed by atoms with Gasteiger partial charge in [-0.05, 0) is 31.2 Å². The van der Waals surface area contributed by atoms with Gasteiger partial charge in [-0.1, -0.05) is 18.2 Å². The largest absolute Gasteiger partial charge is 0.454 e. The molecule has 6 nitrogen and oxygen atoms in total. The van der Waals surface area contributed by atoms with Crippen molar-refractivity contribution in [1.82, 2.24) is 5.32 Å². The maximum atomic E-state index is 13.6. The van der Waals surface area contributed by atoms with E-state index in [-0.39, 0.29) is 13.3 Å². The van der Waals surface area contributed by atoms with E-state index in [1.165, 1.54) is 12.1 Å². The van der Waals surface area contributed by atoms with Gasteiger partial charge in [0.1, 0.15) is 5.82 Å². The first-order valence-electron chi connectivity index (χ1n) is 7.93. The SMILES string of the molecule is C/C(=C\c1ccccc1F)C(=O)NCC(=O)Nc1ccc2c(c1)OCO2. The standard InChI is InChI=1S/C19H17FN2O4/c1-12(8-13-4-2-3-5-15(13)20)19(24)21-10-18(23)22-14-6-7-16-17(9-14)26-11-25-16/h2-9H,10-11H2,1H3,(H,21,24)(H,22,23)/b12-8+. The monoisotopic (exact) mass is 356 g/mol. The molecule has 2 amide bonds. The zero-order chi connectivity index (χ0) is 18.5. The molecule has 0 saturated carbocycles. The van der Waals surface area contributed by atoms with E-state index < -0.39 is 17.6 Å². The van der Waals surface area contributed by atoms with Crippen molar-refractivity contribution < 1.29 is 23.5 Å². The van der Waals surface area contributed by atoms with Crippen LogP contribution in [0.2, 0.25) is 0 Å². The predicted molar refractivity (Wildman–Crippen MR) is 94.3 cm³/mol. The Hall–Kier alpha value is -3.35. The van der Waals surface area contributed by atoms with Crippen molar-refractivity contribution in [3.63, 3.8) is 0 Å². The Morgan fingerprint density at radius 2 is 1.92 bits per heavy atom. The number of halogens is 1. The normalized spacial score (nSPS) is 12.6. The molecule has 134 valence electrons. The number of anilines is 1. The minimum absolute atomic E-state index is 0.149. The van der Waals surface area contributed by atoms with Gasteiger partial charge in [-0.2, -0.15) is 0 Å². The molecule has 0 aliphatic carbocycles. The number of amides is 2. The maximum Gasteiger partial charge on any atom is 0.247 e. The Bertz CT molecular complexity index is 880. The van der Waals surface area contributed by atoms with E-state index in [9.17, 15) is 14.0 Å². The highest BCUT2D eigenvalue weighted by atomic mass is 19.1. The average molecular weight is 356 g/mol. The summed E-state index contributed by atoms with van der Waals surface area (Å²) in [5.41, 5.74) is 1.14. The lowest BCUT2D eigenvalue weighted by atomic mass is 10.1. The van der Waals surface area contributed by atoms with Gasteiger partial charge in [0.15, 0.2) is 11.5 Å². The topological polar surface area (TPSA) is 76.7 Å². The predicted octanol–water partition coefficient (Wildman–Crippen LogP) is 2.71. The van der Waals surface area contributed by atoms with Gasteiger partial charge in [0.25, 0.3) is 0 Å². The first-order chi connectivity index (χ1) is 12.5. The summed E-state index contributed by atoms with van der Waals surface area (Å²) in [5.74, 6) is -0.0918. The van der Waals surface area contributed by atoms with E-state index >= 15 is 0 Å². The molecule has 1 aliphatic rings. The first kappa shape index (κ1) is 17.5. The summed E-state index contributed by atoms with van der Waals surface area (Å²) < 4.78 is 24.0. The molecule has 0 saturated heterocycles. The molecule has 0 aromatic heterocycles. The van der Waals surface area contributed by atoms with Gasteiger partial charge >= 0.3 is 0 Å². The van der Waals surface area contributed by atoms with E-state index in [2.05, 4.69) is 10.6 Å². The quantitative estimate of drug-likeness (QED) is 0.808. The van der Waals surface area contributed by atoms with Crippen molar-refractivity contribution in [2.75, 3.05) is 18.7 Å². The van der Waals surface area contributed by atoms with Gasteiger partial charge < -0.3 is 20.1 Å². The van der Waals surface area contributed by atoms with Crippen molar-refractivity contribution in [3.05, 3.63) is 59.4 Å². The number of benzene rings is 2. The maximum absolute atomic E-state index is 13.6. The van der Waals surface area contributed by atoms with Crippen LogP contribution >= 0.6 is 0 Å². The van der Waals surface area contributed by atoms with Crippen LogP contribution in [0.3, 0.4) is 0 Å². The van der Waals surface area contributed by atoms with Crippen LogP contribution in [0.4, 0.5) is 10.1 Å². The average Bonchev–Trinajstić information content (AvgIpc) is 3.09. The van der Waals surface area contributed by atoms with Gasteiger partial charge in [-0.3, -0.25) is 9.59 Å². The van der Waals surface area contributed by atoms with E-state index in [1.54, 1.807) is 43.3 Å². The third-order valence-electron chi connectivity index (χ3n) is 3.70. The smallest absolute Gasteiger partial charge is 0.247 e. The van der Waals surface area contributed by atoms with Crippen molar-refractivity contribution in [3.8, 4) is 11.5 Å². The van der Waals surface area contributed by atoms with Crippen LogP contribution in [0, 0.1) is 5.82 Å². The number of nitrogens with one attached hydrogen (secondary N) is 2. The number of hydrogen-bond acceptors (Lipinski definition) is 4. The van der Waals surface area contributed by atoms with Crippen molar-refractivity contribution in [2.45, 2.75) is 6.92 Å². The summed E-state index contributed by atoms with van der Waals surface area (Å²) in [4.78, 5) is 24.0. The van der Waals surface area contributed by atoms with Gasteiger partial charge in [0.05, 0.1) is 6.54 Å². The molecule has 1 aliphatic heterocycles. The zero-order valence-corrected chi connectivity index (χ0v) is 14.0. The highest BCUT2D eigenvalue weighted by molar-refractivity contribution is 6.01. The Morgan fingerprint density at radius 1 is 1.15 bits per heavy atom. The van der Waals surface area contributed by atoms with Crippen molar-refractivity contribution >= 4 is 23.6 Å². The summed E-state index contributed by atoms with van der Waals surface area (Å²) in [7, 11) is 0. The van der Waals surface area contributed by atoms with E-state index in [4.69, 9.17) is 9.47 Å². The number of carbonyl (C=O) groups excluding carboxylic acids is 2. The summed E-state index contributed by atoms with van der Waals surface area (Å²) in [6.45, 7) is 1.49. The molecule has 2 N–H and O–H groups in total. The van der Waals surface area contributed by atoms with E-state index in [0.29, 0.717) is 28.3 Å². The molecular weight excluding hydrogens is 339 g/mol. The highest BCUT2D eigenvalue weighted by Crippen LogP contribution is 2.34. The minimum atomic E-state index is -0.450. The fraction of sp³-hybridized carbons (Fsp3) is 0.158. The second kappa shape index (κ2) is 7.69. The summed E-state index contributed by atoms with van der Waals surface area (Å²) in [6, 6.07) is 11.1. The van der Waals surface area contributed by atoms with Crippen molar-refractivity contribution in [2.24, 2.45) is 0 Å². The lowest BCUT2D eigenvalue weighted by Gasteiger charge is -2.08. The number of fused-ring (bicyclic) bond motifs is 1. The molecule has 2 aromatic carbocycles. The van der Waals surface area contributed by atoms with Gasteiger partial charge in [-0.25, -0.2) is 4.39 Å². The fourth-order valence-corrected chi connectivity index (χ4v) is 2.37. The van der Waals surface area contributed by atoms with Crippen LogP contribution in [0.15, 0.2) is 48.0 Å². The summed E-state index contributed by atoms with van der Waals surface area (Å²) in [6.07, 6.45) is 1.43. The number of carbonyl (C=O) groups is 2. The zero-order valence-electron chi connectivity index (χ0n) is 14.0. The molecule has 3 rings (SSSR count). The Labute approximate surface area is 149 Å². The highest BCUT2D eigenvalue weighted by Gasteiger charge is 2.14. The number of ether oxygens (including phenoxy) is 2. The summed E-state index contributed by atoms with van der Waals surface area (Å²) in [5, 5.41) is 5.15. The molecule has 26 heavy (non-hydrogen) atoms. The molecular formula is C19H17FN2O4.